The first-order valence-electron chi connectivity index (χ1n) is 8.47. The molecule has 1 aromatic heterocycles. The third-order valence-corrected chi connectivity index (χ3v) is 6.25. The molecule has 2 N–H and O–H groups in total. The van der Waals surface area contributed by atoms with Crippen LogP contribution in [0.4, 0.5) is 5.69 Å². The number of pyridine rings is 1. The molecule has 2 rings (SSSR count). The Morgan fingerprint density at radius 2 is 1.88 bits per heavy atom. The number of benzene rings is 1. The highest BCUT2D eigenvalue weighted by Crippen LogP contribution is 2.23. The van der Waals surface area contributed by atoms with Gasteiger partial charge < -0.3 is 10.6 Å². The van der Waals surface area contributed by atoms with Crippen molar-refractivity contribution in [3.05, 3.63) is 53.7 Å². The number of carbonyl (C=O) groups is 1. The van der Waals surface area contributed by atoms with Gasteiger partial charge in [0.05, 0.1) is 16.6 Å². The molecular weight excluding hydrogens is 350 g/mol. The molecule has 7 heteroatoms. The summed E-state index contributed by atoms with van der Waals surface area (Å²) >= 11 is 0. The van der Waals surface area contributed by atoms with E-state index in [1.54, 1.807) is 32.9 Å². The van der Waals surface area contributed by atoms with Gasteiger partial charge in [0.2, 0.25) is 0 Å². The number of sulfone groups is 1. The molecule has 0 aliphatic heterocycles. The number of anilines is 1. The van der Waals surface area contributed by atoms with Crippen LogP contribution < -0.4 is 10.6 Å². The molecule has 0 bridgehead atoms. The van der Waals surface area contributed by atoms with E-state index in [1.165, 1.54) is 12.3 Å². The van der Waals surface area contributed by atoms with Gasteiger partial charge in [-0.3, -0.25) is 4.79 Å². The minimum atomic E-state index is -3.46. The Hall–Kier alpha value is -2.41. The summed E-state index contributed by atoms with van der Waals surface area (Å²) in [5.41, 5.74) is 2.26. The second-order valence-electron chi connectivity index (χ2n) is 6.91. The molecule has 26 heavy (non-hydrogen) atoms. The van der Waals surface area contributed by atoms with Gasteiger partial charge in [0.15, 0.2) is 14.9 Å². The van der Waals surface area contributed by atoms with Gasteiger partial charge in [0.1, 0.15) is 0 Å². The van der Waals surface area contributed by atoms with Crippen LogP contribution in [0.15, 0.2) is 47.6 Å². The number of rotatable bonds is 6. The highest BCUT2D eigenvalue weighted by atomic mass is 32.2. The summed E-state index contributed by atoms with van der Waals surface area (Å²) in [6, 6.07) is 10.5. The van der Waals surface area contributed by atoms with Gasteiger partial charge in [-0.2, -0.15) is 0 Å². The third-order valence-electron chi connectivity index (χ3n) is 3.84. The molecule has 1 heterocycles. The fourth-order valence-electron chi connectivity index (χ4n) is 2.25. The van der Waals surface area contributed by atoms with Gasteiger partial charge in [0.25, 0.3) is 5.91 Å². The molecule has 0 atom stereocenters. The lowest BCUT2D eigenvalue weighted by atomic mass is 10.1. The summed E-state index contributed by atoms with van der Waals surface area (Å²) in [6.45, 7) is 7.91. The Morgan fingerprint density at radius 1 is 1.15 bits per heavy atom. The van der Waals surface area contributed by atoms with Crippen LogP contribution in [0.5, 0.6) is 0 Å². The van der Waals surface area contributed by atoms with Crippen LogP contribution in [0.25, 0.3) is 0 Å². The van der Waals surface area contributed by atoms with Gasteiger partial charge in [-0.15, -0.1) is 0 Å². The monoisotopic (exact) mass is 375 g/mol. The molecule has 0 unspecified atom stereocenters. The van der Waals surface area contributed by atoms with Crippen LogP contribution in [-0.2, 0) is 16.4 Å². The Labute approximate surface area is 155 Å². The average Bonchev–Trinajstić information content (AvgIpc) is 2.60. The van der Waals surface area contributed by atoms with E-state index in [2.05, 4.69) is 15.6 Å². The van der Waals surface area contributed by atoms with Crippen molar-refractivity contribution in [2.75, 3.05) is 11.9 Å². The highest BCUT2D eigenvalue weighted by molar-refractivity contribution is 7.92. The van der Waals surface area contributed by atoms with E-state index in [4.69, 9.17) is 0 Å². The van der Waals surface area contributed by atoms with Crippen LogP contribution in [0.2, 0.25) is 0 Å². The fraction of sp³-hybridized carbons (Fsp3) is 0.368. The van der Waals surface area contributed by atoms with Crippen molar-refractivity contribution in [2.45, 2.75) is 44.0 Å². The van der Waals surface area contributed by atoms with Gasteiger partial charge in [-0.1, -0.05) is 12.1 Å². The maximum atomic E-state index is 12.4. The van der Waals surface area contributed by atoms with E-state index in [0.717, 1.165) is 5.56 Å². The summed E-state index contributed by atoms with van der Waals surface area (Å²) in [5.74, 6) is -0.104. The fourth-order valence-corrected chi connectivity index (χ4v) is 3.31. The second kappa shape index (κ2) is 7.86. The Morgan fingerprint density at radius 3 is 2.46 bits per heavy atom. The molecular formula is C19H25N3O3S. The zero-order valence-corrected chi connectivity index (χ0v) is 16.4. The summed E-state index contributed by atoms with van der Waals surface area (Å²) in [6.07, 6.45) is 1.51. The number of amides is 1. The summed E-state index contributed by atoms with van der Waals surface area (Å²) in [4.78, 5) is 16.0. The average molecular weight is 375 g/mol. The van der Waals surface area contributed by atoms with Crippen molar-refractivity contribution < 1.29 is 13.2 Å². The lowest BCUT2D eigenvalue weighted by Gasteiger charge is -2.18. The first kappa shape index (κ1) is 19.9. The molecule has 0 saturated heterocycles. The Bertz CT molecular complexity index is 870. The molecule has 0 aliphatic rings. The highest BCUT2D eigenvalue weighted by Gasteiger charge is 2.31. The molecule has 0 aliphatic carbocycles. The van der Waals surface area contributed by atoms with Crippen molar-refractivity contribution in [2.24, 2.45) is 0 Å². The van der Waals surface area contributed by atoms with Gasteiger partial charge in [-0.05, 0) is 57.5 Å². The lowest BCUT2D eigenvalue weighted by molar-refractivity contribution is 0.0955. The summed E-state index contributed by atoms with van der Waals surface area (Å²) < 4.78 is 23.9. The SMILES string of the molecule is CCNC(=O)c1cccc(CNc2ccc(S(=O)(=O)C(C)(C)C)nc2)c1. The van der Waals surface area contributed by atoms with E-state index >= 15 is 0 Å². The molecule has 1 amide bonds. The number of hydrogen-bond donors (Lipinski definition) is 2. The minimum Gasteiger partial charge on any atom is -0.380 e. The molecule has 6 nitrogen and oxygen atoms in total. The van der Waals surface area contributed by atoms with Gasteiger partial charge in [0, 0.05) is 18.7 Å². The van der Waals surface area contributed by atoms with Crippen LogP contribution >= 0.6 is 0 Å². The molecule has 0 radical (unpaired) electrons. The van der Waals surface area contributed by atoms with Crippen molar-refractivity contribution >= 4 is 21.4 Å². The zero-order chi connectivity index (χ0) is 19.4. The van der Waals surface area contributed by atoms with E-state index < -0.39 is 14.6 Å². The number of carbonyl (C=O) groups excluding carboxylic acids is 1. The van der Waals surface area contributed by atoms with E-state index in [0.29, 0.717) is 24.3 Å². The first-order valence-corrected chi connectivity index (χ1v) is 9.95. The molecule has 140 valence electrons. The maximum Gasteiger partial charge on any atom is 0.251 e. The smallest absolute Gasteiger partial charge is 0.251 e. The molecule has 1 aromatic carbocycles. The van der Waals surface area contributed by atoms with E-state index in [9.17, 15) is 13.2 Å². The molecule has 0 spiro atoms. The maximum absolute atomic E-state index is 12.4. The van der Waals surface area contributed by atoms with Gasteiger partial charge >= 0.3 is 0 Å². The predicted molar refractivity (Wildman–Crippen MR) is 103 cm³/mol. The summed E-state index contributed by atoms with van der Waals surface area (Å²) in [7, 11) is -3.46. The number of hydrogen-bond acceptors (Lipinski definition) is 5. The lowest BCUT2D eigenvalue weighted by Crippen LogP contribution is -2.28. The first-order chi connectivity index (χ1) is 12.1. The van der Waals surface area contributed by atoms with Crippen LogP contribution in [0.3, 0.4) is 0 Å². The number of aromatic nitrogens is 1. The normalized spacial score (nSPS) is 11.8. The van der Waals surface area contributed by atoms with Crippen molar-refractivity contribution in [1.82, 2.24) is 10.3 Å². The zero-order valence-electron chi connectivity index (χ0n) is 15.5. The van der Waals surface area contributed by atoms with Crippen LogP contribution in [0.1, 0.15) is 43.6 Å². The second-order valence-corrected chi connectivity index (χ2v) is 9.56. The van der Waals surface area contributed by atoms with Crippen molar-refractivity contribution in [1.29, 1.82) is 0 Å². The minimum absolute atomic E-state index is 0.0637. The molecule has 0 saturated carbocycles. The third kappa shape index (κ3) is 4.60. The number of nitrogens with zero attached hydrogens (tertiary/aromatic N) is 1. The standard InChI is InChI=1S/C19H25N3O3S/c1-5-20-18(23)15-8-6-7-14(11-15)12-21-16-9-10-17(22-13-16)26(24,25)19(2,3)4/h6-11,13,21H,5,12H2,1-4H3,(H,20,23). The van der Waals surface area contributed by atoms with Crippen molar-refractivity contribution in [3.63, 3.8) is 0 Å². The molecule has 2 aromatic rings. The predicted octanol–water partition coefficient (Wildman–Crippen LogP) is 3.02. The molecule has 0 fully saturated rings. The van der Waals surface area contributed by atoms with Gasteiger partial charge in [-0.25, -0.2) is 13.4 Å². The quantitative estimate of drug-likeness (QED) is 0.810. The number of nitrogens with one attached hydrogen (secondary N) is 2. The van der Waals surface area contributed by atoms with Crippen molar-refractivity contribution in [3.8, 4) is 0 Å². The largest absolute Gasteiger partial charge is 0.380 e. The topological polar surface area (TPSA) is 88.2 Å². The summed E-state index contributed by atoms with van der Waals surface area (Å²) in [5, 5.41) is 6.02. The Kier molecular flexibility index (Phi) is 6.02. The van der Waals surface area contributed by atoms with E-state index in [-0.39, 0.29) is 10.9 Å². The van der Waals surface area contributed by atoms with Crippen LogP contribution in [0, 0.1) is 0 Å². The van der Waals surface area contributed by atoms with Crippen LogP contribution in [-0.4, -0.2) is 30.6 Å². The van der Waals surface area contributed by atoms with E-state index in [1.807, 2.05) is 25.1 Å². The Balaban J connectivity index is 2.07.